The van der Waals surface area contributed by atoms with Gasteiger partial charge in [-0.25, -0.2) is 9.97 Å². The van der Waals surface area contributed by atoms with Gasteiger partial charge < -0.3 is 15.4 Å². The van der Waals surface area contributed by atoms with E-state index in [0.717, 1.165) is 29.4 Å². The van der Waals surface area contributed by atoms with Crippen LogP contribution >= 0.6 is 11.3 Å². The van der Waals surface area contributed by atoms with E-state index in [-0.39, 0.29) is 12.5 Å². The van der Waals surface area contributed by atoms with E-state index in [1.165, 1.54) is 10.9 Å². The molecule has 148 valence electrons. The number of aryl methyl sites for hydroxylation is 2. The molecule has 0 radical (unpaired) electrons. The minimum atomic E-state index is -4.40. The topological polar surface area (TPSA) is 71.4 Å². The van der Waals surface area contributed by atoms with Crippen molar-refractivity contribution in [2.75, 3.05) is 26.7 Å². The Kier molecular flexibility index (Phi) is 7.40. The number of rotatable bonds is 7. The van der Waals surface area contributed by atoms with Gasteiger partial charge >= 0.3 is 6.18 Å². The van der Waals surface area contributed by atoms with Crippen LogP contribution < -0.4 is 15.4 Å². The first-order chi connectivity index (χ1) is 12.8. The van der Waals surface area contributed by atoms with Gasteiger partial charge in [-0.3, -0.25) is 4.99 Å². The number of pyridine rings is 1. The van der Waals surface area contributed by atoms with Gasteiger partial charge in [-0.15, -0.1) is 11.3 Å². The van der Waals surface area contributed by atoms with Crippen LogP contribution in [-0.4, -0.2) is 42.7 Å². The maximum atomic E-state index is 12.5. The average Bonchev–Trinajstić information content (AvgIpc) is 2.94. The lowest BCUT2D eigenvalue weighted by Crippen LogP contribution is -2.40. The van der Waals surface area contributed by atoms with Crippen LogP contribution in [0.1, 0.15) is 21.1 Å². The molecule has 0 spiro atoms. The van der Waals surface area contributed by atoms with Crippen LogP contribution in [0.5, 0.6) is 5.88 Å². The fraction of sp³-hybridized carbons (Fsp3) is 0.471. The Bertz CT molecular complexity index is 739. The number of halogens is 3. The number of ether oxygens (including phenoxy) is 1. The number of hydrogen-bond donors (Lipinski definition) is 2. The van der Waals surface area contributed by atoms with Crippen LogP contribution in [-0.2, 0) is 12.6 Å². The van der Waals surface area contributed by atoms with Crippen molar-refractivity contribution < 1.29 is 17.9 Å². The Morgan fingerprint density at radius 2 is 1.96 bits per heavy atom. The smallest absolute Gasteiger partial charge is 0.417 e. The van der Waals surface area contributed by atoms with Gasteiger partial charge in [0.1, 0.15) is 6.61 Å². The van der Waals surface area contributed by atoms with Gasteiger partial charge in [0.25, 0.3) is 0 Å². The molecule has 0 amide bonds. The third kappa shape index (κ3) is 6.70. The summed E-state index contributed by atoms with van der Waals surface area (Å²) in [6.45, 7) is 5.40. The van der Waals surface area contributed by atoms with Crippen molar-refractivity contribution in [2.24, 2.45) is 4.99 Å². The molecule has 2 N–H and O–H groups in total. The van der Waals surface area contributed by atoms with Crippen molar-refractivity contribution in [1.82, 2.24) is 20.6 Å². The van der Waals surface area contributed by atoms with Crippen LogP contribution in [0.25, 0.3) is 0 Å². The second-order valence-electron chi connectivity index (χ2n) is 5.66. The molecule has 6 nitrogen and oxygen atoms in total. The zero-order valence-electron chi connectivity index (χ0n) is 15.4. The number of guanidine groups is 1. The Morgan fingerprint density at radius 3 is 2.52 bits per heavy atom. The fourth-order valence-corrected chi connectivity index (χ4v) is 3.05. The molecular weight excluding hydrogens is 379 g/mol. The molecule has 0 aliphatic carbocycles. The van der Waals surface area contributed by atoms with Gasteiger partial charge in [0, 0.05) is 37.2 Å². The average molecular weight is 401 g/mol. The summed E-state index contributed by atoms with van der Waals surface area (Å²) >= 11 is 1.69. The van der Waals surface area contributed by atoms with E-state index >= 15 is 0 Å². The van der Waals surface area contributed by atoms with Crippen LogP contribution in [0.15, 0.2) is 23.3 Å². The van der Waals surface area contributed by atoms with E-state index in [4.69, 9.17) is 4.74 Å². The molecule has 0 atom stereocenters. The van der Waals surface area contributed by atoms with Gasteiger partial charge in [0.05, 0.1) is 22.8 Å². The SMILES string of the molecule is CN=C(NCCOc1ccc(C(F)(F)F)cn1)NCCc1nc(C)c(C)s1. The summed E-state index contributed by atoms with van der Waals surface area (Å²) in [5.74, 6) is 0.756. The molecule has 10 heteroatoms. The third-order valence-electron chi connectivity index (χ3n) is 3.64. The highest BCUT2D eigenvalue weighted by Gasteiger charge is 2.30. The third-order valence-corrected chi connectivity index (χ3v) is 4.77. The maximum Gasteiger partial charge on any atom is 0.417 e. The van der Waals surface area contributed by atoms with Crippen LogP contribution in [0.3, 0.4) is 0 Å². The number of nitrogens with one attached hydrogen (secondary N) is 2. The molecule has 0 fully saturated rings. The van der Waals surface area contributed by atoms with Crippen LogP contribution in [0.2, 0.25) is 0 Å². The molecule has 0 unspecified atom stereocenters. The lowest BCUT2D eigenvalue weighted by Gasteiger charge is -2.12. The molecule has 2 rings (SSSR count). The molecule has 2 aromatic heterocycles. The number of alkyl halides is 3. The number of aromatic nitrogens is 2. The Labute approximate surface area is 159 Å². The predicted molar refractivity (Wildman–Crippen MR) is 99.4 cm³/mol. The van der Waals surface area contributed by atoms with Gasteiger partial charge in [0.15, 0.2) is 5.96 Å². The van der Waals surface area contributed by atoms with Crippen molar-refractivity contribution in [3.8, 4) is 5.88 Å². The molecular formula is C17H22F3N5OS. The molecule has 0 aliphatic heterocycles. The maximum absolute atomic E-state index is 12.5. The van der Waals surface area contributed by atoms with E-state index in [0.29, 0.717) is 19.0 Å². The number of nitrogens with zero attached hydrogens (tertiary/aromatic N) is 3. The molecule has 0 aliphatic rings. The van der Waals surface area contributed by atoms with E-state index in [2.05, 4.69) is 32.5 Å². The minimum absolute atomic E-state index is 0.141. The fourth-order valence-electron chi connectivity index (χ4n) is 2.11. The second-order valence-corrected chi connectivity index (χ2v) is 6.94. The van der Waals surface area contributed by atoms with E-state index in [9.17, 15) is 13.2 Å². The summed E-state index contributed by atoms with van der Waals surface area (Å²) in [6, 6.07) is 2.15. The summed E-state index contributed by atoms with van der Waals surface area (Å²) in [4.78, 5) is 13.5. The normalized spacial score (nSPS) is 12.1. The molecule has 27 heavy (non-hydrogen) atoms. The molecule has 2 heterocycles. The highest BCUT2D eigenvalue weighted by Crippen LogP contribution is 2.29. The number of aliphatic imine (C=N–C) groups is 1. The second kappa shape index (κ2) is 9.54. The zero-order chi connectivity index (χ0) is 19.9. The monoisotopic (exact) mass is 401 g/mol. The van der Waals surface area contributed by atoms with E-state index in [1.807, 2.05) is 6.92 Å². The van der Waals surface area contributed by atoms with Crippen LogP contribution in [0, 0.1) is 13.8 Å². The quantitative estimate of drug-likeness (QED) is 0.424. The van der Waals surface area contributed by atoms with Crippen LogP contribution in [0.4, 0.5) is 13.2 Å². The highest BCUT2D eigenvalue weighted by molar-refractivity contribution is 7.11. The van der Waals surface area contributed by atoms with Crippen molar-refractivity contribution in [1.29, 1.82) is 0 Å². The number of hydrogen-bond acceptors (Lipinski definition) is 5. The summed E-state index contributed by atoms with van der Waals surface area (Å²) in [6.07, 6.45) is -2.85. The summed E-state index contributed by atoms with van der Waals surface area (Å²) < 4.78 is 42.7. The Balaban J connectivity index is 1.67. The van der Waals surface area contributed by atoms with E-state index < -0.39 is 11.7 Å². The highest BCUT2D eigenvalue weighted by atomic mass is 32.1. The first-order valence-corrected chi connectivity index (χ1v) is 9.14. The summed E-state index contributed by atoms with van der Waals surface area (Å²) in [5, 5.41) is 7.32. The lowest BCUT2D eigenvalue weighted by molar-refractivity contribution is -0.137. The zero-order valence-corrected chi connectivity index (χ0v) is 16.2. The van der Waals surface area contributed by atoms with E-state index in [1.54, 1.807) is 18.4 Å². The van der Waals surface area contributed by atoms with Gasteiger partial charge in [-0.1, -0.05) is 0 Å². The Morgan fingerprint density at radius 1 is 1.22 bits per heavy atom. The standard InChI is InChI=1S/C17H22F3N5OS/c1-11-12(2)27-15(25-11)6-7-22-16(21-3)23-8-9-26-14-5-4-13(10-24-14)17(18,19)20/h4-5,10H,6-9H2,1-3H3,(H2,21,22,23). The number of thiazole rings is 1. The summed E-state index contributed by atoms with van der Waals surface area (Å²) in [7, 11) is 1.66. The van der Waals surface area contributed by atoms with Crippen molar-refractivity contribution in [3.63, 3.8) is 0 Å². The van der Waals surface area contributed by atoms with Gasteiger partial charge in [-0.2, -0.15) is 13.2 Å². The molecule has 0 aromatic carbocycles. The minimum Gasteiger partial charge on any atom is -0.476 e. The first kappa shape index (κ1) is 20.9. The predicted octanol–water partition coefficient (Wildman–Crippen LogP) is 2.96. The van der Waals surface area contributed by atoms with Crippen molar-refractivity contribution in [3.05, 3.63) is 39.5 Å². The van der Waals surface area contributed by atoms with Gasteiger partial charge in [-0.05, 0) is 19.9 Å². The Hall–Kier alpha value is -2.36. The molecule has 0 bridgehead atoms. The largest absolute Gasteiger partial charge is 0.476 e. The summed E-state index contributed by atoms with van der Waals surface area (Å²) in [5.41, 5.74) is 0.259. The molecule has 2 aromatic rings. The van der Waals surface area contributed by atoms with Gasteiger partial charge in [0.2, 0.25) is 5.88 Å². The first-order valence-electron chi connectivity index (χ1n) is 8.33. The molecule has 0 saturated heterocycles. The van der Waals surface area contributed by atoms with Crippen molar-refractivity contribution in [2.45, 2.75) is 26.4 Å². The van der Waals surface area contributed by atoms with Crippen molar-refractivity contribution >= 4 is 17.3 Å². The molecule has 0 saturated carbocycles. The lowest BCUT2D eigenvalue weighted by atomic mass is 10.3.